The second-order valence-electron chi connectivity index (χ2n) is 5.21. The van der Waals surface area contributed by atoms with Gasteiger partial charge in [-0.15, -0.1) is 0 Å². The van der Waals surface area contributed by atoms with Gasteiger partial charge < -0.3 is 14.7 Å². The predicted octanol–water partition coefficient (Wildman–Crippen LogP) is 2.02. The number of likely N-dealkylation sites (tertiary alicyclic amines) is 1. The number of aliphatic hydroxyl groups excluding tert-OH is 1. The Morgan fingerprint density at radius 3 is 2.56 bits per heavy atom. The fourth-order valence-corrected chi connectivity index (χ4v) is 2.56. The summed E-state index contributed by atoms with van der Waals surface area (Å²) in [7, 11) is 2.16. The molecule has 1 aliphatic rings. The molecule has 0 bridgehead atoms. The molecule has 1 atom stereocenters. The number of piperidine rings is 1. The number of ether oxygens (including phenoxy) is 1. The lowest BCUT2D eigenvalue weighted by atomic mass is 9.85. The van der Waals surface area contributed by atoms with Crippen LogP contribution in [0.5, 0.6) is 5.75 Å². The van der Waals surface area contributed by atoms with Gasteiger partial charge in [0.15, 0.2) is 0 Å². The number of para-hydroxylation sites is 1. The highest BCUT2D eigenvalue weighted by molar-refractivity contribution is 5.20. The molecule has 1 N–H and O–H groups in total. The molecule has 1 aromatic rings. The molecule has 0 radical (unpaired) electrons. The van der Waals surface area contributed by atoms with Crippen LogP contribution in [0.1, 0.15) is 12.8 Å². The van der Waals surface area contributed by atoms with Crippen molar-refractivity contribution in [3.63, 3.8) is 0 Å². The molecule has 3 heteroatoms. The first kappa shape index (κ1) is 13.4. The Bertz CT molecular complexity index is 334. The van der Waals surface area contributed by atoms with Gasteiger partial charge in [0, 0.05) is 12.5 Å². The van der Waals surface area contributed by atoms with E-state index in [0.29, 0.717) is 12.5 Å². The van der Waals surface area contributed by atoms with Crippen LogP contribution in [0.2, 0.25) is 0 Å². The molecule has 1 saturated heterocycles. The number of benzene rings is 1. The van der Waals surface area contributed by atoms with E-state index in [2.05, 4.69) is 11.9 Å². The average Bonchev–Trinajstić information content (AvgIpc) is 2.42. The zero-order valence-corrected chi connectivity index (χ0v) is 11.1. The van der Waals surface area contributed by atoms with Gasteiger partial charge in [0.25, 0.3) is 0 Å². The van der Waals surface area contributed by atoms with Gasteiger partial charge in [0.2, 0.25) is 0 Å². The van der Waals surface area contributed by atoms with Crippen LogP contribution in [0.3, 0.4) is 0 Å². The Balaban J connectivity index is 1.82. The highest BCUT2D eigenvalue weighted by atomic mass is 16.5. The minimum atomic E-state index is 0.223. The maximum absolute atomic E-state index is 9.53. The maximum Gasteiger partial charge on any atom is 0.119 e. The maximum atomic E-state index is 9.53. The number of nitrogens with zero attached hydrogens (tertiary/aromatic N) is 1. The molecule has 1 unspecified atom stereocenters. The van der Waals surface area contributed by atoms with Gasteiger partial charge in [-0.1, -0.05) is 18.2 Å². The van der Waals surface area contributed by atoms with Crippen molar-refractivity contribution in [1.82, 2.24) is 4.90 Å². The van der Waals surface area contributed by atoms with E-state index < -0.39 is 0 Å². The summed E-state index contributed by atoms with van der Waals surface area (Å²) in [4.78, 5) is 2.35. The Hall–Kier alpha value is -1.06. The highest BCUT2D eigenvalue weighted by Crippen LogP contribution is 2.25. The second kappa shape index (κ2) is 6.76. The lowest BCUT2D eigenvalue weighted by molar-refractivity contribution is 0.0809. The monoisotopic (exact) mass is 249 g/mol. The van der Waals surface area contributed by atoms with Crippen molar-refractivity contribution in [2.75, 3.05) is 33.4 Å². The van der Waals surface area contributed by atoms with Gasteiger partial charge in [-0.25, -0.2) is 0 Å². The zero-order chi connectivity index (χ0) is 12.8. The van der Waals surface area contributed by atoms with Crippen molar-refractivity contribution < 1.29 is 9.84 Å². The summed E-state index contributed by atoms with van der Waals surface area (Å²) in [6.45, 7) is 3.11. The molecular weight excluding hydrogens is 226 g/mol. The van der Waals surface area contributed by atoms with E-state index >= 15 is 0 Å². The molecule has 0 aromatic heterocycles. The van der Waals surface area contributed by atoms with E-state index in [9.17, 15) is 5.11 Å². The van der Waals surface area contributed by atoms with Crippen LogP contribution < -0.4 is 4.74 Å². The van der Waals surface area contributed by atoms with E-state index in [-0.39, 0.29) is 12.5 Å². The van der Waals surface area contributed by atoms with Gasteiger partial charge in [-0.3, -0.25) is 0 Å². The van der Waals surface area contributed by atoms with Crippen LogP contribution >= 0.6 is 0 Å². The summed E-state index contributed by atoms with van der Waals surface area (Å²) in [6, 6.07) is 9.84. The summed E-state index contributed by atoms with van der Waals surface area (Å²) in [5, 5.41) is 9.53. The van der Waals surface area contributed by atoms with Crippen LogP contribution in [-0.4, -0.2) is 43.4 Å². The topological polar surface area (TPSA) is 32.7 Å². The zero-order valence-electron chi connectivity index (χ0n) is 11.1. The molecule has 1 aromatic carbocycles. The molecule has 1 fully saturated rings. The molecule has 0 amide bonds. The number of hydrogen-bond acceptors (Lipinski definition) is 3. The summed E-state index contributed by atoms with van der Waals surface area (Å²) in [5.74, 6) is 1.75. The molecule has 0 spiro atoms. The van der Waals surface area contributed by atoms with E-state index in [4.69, 9.17) is 4.74 Å². The Kier molecular flexibility index (Phi) is 5.02. The molecule has 0 aliphatic carbocycles. The number of hydrogen-bond donors (Lipinski definition) is 1. The molecule has 100 valence electrons. The quantitative estimate of drug-likeness (QED) is 0.866. The highest BCUT2D eigenvalue weighted by Gasteiger charge is 2.25. The van der Waals surface area contributed by atoms with Gasteiger partial charge in [0.1, 0.15) is 5.75 Å². The molecule has 2 rings (SSSR count). The van der Waals surface area contributed by atoms with Crippen molar-refractivity contribution in [1.29, 1.82) is 0 Å². The van der Waals surface area contributed by atoms with Crippen LogP contribution in [0.15, 0.2) is 30.3 Å². The molecule has 3 nitrogen and oxygen atoms in total. The third kappa shape index (κ3) is 3.72. The third-order valence-corrected chi connectivity index (χ3v) is 3.87. The second-order valence-corrected chi connectivity index (χ2v) is 5.21. The summed E-state index contributed by atoms with van der Waals surface area (Å²) in [6.07, 6.45) is 2.33. The van der Waals surface area contributed by atoms with Crippen molar-refractivity contribution in [2.45, 2.75) is 12.8 Å². The van der Waals surface area contributed by atoms with Gasteiger partial charge >= 0.3 is 0 Å². The average molecular weight is 249 g/mol. The fraction of sp³-hybridized carbons (Fsp3) is 0.600. The standard InChI is InChI=1S/C15H23NO2/c1-16-9-7-13(8-10-16)14(11-17)12-18-15-5-3-2-4-6-15/h2-6,13-14,17H,7-12H2,1H3. The van der Waals surface area contributed by atoms with Crippen molar-refractivity contribution in [3.05, 3.63) is 30.3 Å². The van der Waals surface area contributed by atoms with Crippen LogP contribution in [0.25, 0.3) is 0 Å². The smallest absolute Gasteiger partial charge is 0.119 e. The summed E-state index contributed by atoms with van der Waals surface area (Å²) in [5.41, 5.74) is 0. The molecule has 1 heterocycles. The lowest BCUT2D eigenvalue weighted by Crippen LogP contribution is -2.36. The normalized spacial score (nSPS) is 19.7. The van der Waals surface area contributed by atoms with Gasteiger partial charge in [-0.2, -0.15) is 0 Å². The Morgan fingerprint density at radius 1 is 1.28 bits per heavy atom. The lowest BCUT2D eigenvalue weighted by Gasteiger charge is -2.33. The fourth-order valence-electron chi connectivity index (χ4n) is 2.56. The van der Waals surface area contributed by atoms with E-state index in [1.54, 1.807) is 0 Å². The van der Waals surface area contributed by atoms with Crippen molar-refractivity contribution in [3.8, 4) is 5.75 Å². The van der Waals surface area contributed by atoms with Crippen LogP contribution in [-0.2, 0) is 0 Å². The molecule has 1 aliphatic heterocycles. The van der Waals surface area contributed by atoms with Crippen molar-refractivity contribution >= 4 is 0 Å². The molecule has 18 heavy (non-hydrogen) atoms. The first-order valence-electron chi connectivity index (χ1n) is 6.77. The minimum Gasteiger partial charge on any atom is -0.493 e. The van der Waals surface area contributed by atoms with Crippen molar-refractivity contribution in [2.24, 2.45) is 11.8 Å². The molecular formula is C15H23NO2. The summed E-state index contributed by atoms with van der Waals surface area (Å²) < 4.78 is 5.77. The predicted molar refractivity (Wildman–Crippen MR) is 72.7 cm³/mol. The number of aliphatic hydroxyl groups is 1. The minimum absolute atomic E-state index is 0.223. The van der Waals surface area contributed by atoms with E-state index in [0.717, 1.165) is 18.8 Å². The van der Waals surface area contributed by atoms with Gasteiger partial charge in [-0.05, 0) is 51.0 Å². The van der Waals surface area contributed by atoms with E-state index in [1.807, 2.05) is 30.3 Å². The Labute approximate surface area is 109 Å². The third-order valence-electron chi connectivity index (χ3n) is 3.87. The van der Waals surface area contributed by atoms with Crippen LogP contribution in [0.4, 0.5) is 0 Å². The summed E-state index contributed by atoms with van der Waals surface area (Å²) >= 11 is 0. The van der Waals surface area contributed by atoms with Gasteiger partial charge in [0.05, 0.1) is 6.61 Å². The first-order valence-corrected chi connectivity index (χ1v) is 6.77. The van der Waals surface area contributed by atoms with E-state index in [1.165, 1.54) is 12.8 Å². The SMILES string of the molecule is CN1CCC(C(CO)COc2ccccc2)CC1. The number of rotatable bonds is 5. The first-order chi connectivity index (χ1) is 8.79. The Morgan fingerprint density at radius 2 is 1.94 bits per heavy atom. The largest absolute Gasteiger partial charge is 0.493 e. The van der Waals surface area contributed by atoms with Crippen LogP contribution in [0, 0.1) is 11.8 Å². The molecule has 0 saturated carbocycles.